The van der Waals surface area contributed by atoms with Gasteiger partial charge in [-0.05, 0) is 24.3 Å². The van der Waals surface area contributed by atoms with Crippen molar-refractivity contribution in [1.82, 2.24) is 0 Å². The standard InChI is InChI=1S/C13H7Br3F2O/c14-6-7-1-2-8(15)4-11(7)19-12-5-9(16)3-10(17)13(12)18/h1-5H,6H2. The second kappa shape index (κ2) is 6.33. The Balaban J connectivity index is 2.44. The van der Waals surface area contributed by atoms with Crippen LogP contribution in [0.25, 0.3) is 0 Å². The molecule has 0 saturated carbocycles. The molecule has 2 aromatic rings. The molecule has 0 heterocycles. The molecule has 0 amide bonds. The van der Waals surface area contributed by atoms with Crippen molar-refractivity contribution in [2.24, 2.45) is 0 Å². The van der Waals surface area contributed by atoms with E-state index in [1.165, 1.54) is 6.07 Å². The van der Waals surface area contributed by atoms with E-state index < -0.39 is 11.6 Å². The van der Waals surface area contributed by atoms with Crippen molar-refractivity contribution in [3.05, 3.63) is 56.5 Å². The summed E-state index contributed by atoms with van der Waals surface area (Å²) < 4.78 is 33.6. The minimum Gasteiger partial charge on any atom is -0.454 e. The van der Waals surface area contributed by atoms with E-state index in [0.29, 0.717) is 15.6 Å². The van der Waals surface area contributed by atoms with Crippen molar-refractivity contribution in [3.8, 4) is 11.5 Å². The van der Waals surface area contributed by atoms with Crippen LogP contribution in [0.1, 0.15) is 5.56 Å². The van der Waals surface area contributed by atoms with Crippen molar-refractivity contribution in [3.63, 3.8) is 0 Å². The van der Waals surface area contributed by atoms with Gasteiger partial charge in [-0.25, -0.2) is 4.39 Å². The molecule has 2 aromatic carbocycles. The second-order valence-electron chi connectivity index (χ2n) is 3.69. The Hall–Kier alpha value is -0.460. The first-order valence-electron chi connectivity index (χ1n) is 5.18. The van der Waals surface area contributed by atoms with Crippen LogP contribution in [-0.4, -0.2) is 0 Å². The molecule has 0 aliphatic carbocycles. The van der Waals surface area contributed by atoms with E-state index in [0.717, 1.165) is 16.1 Å². The molecule has 0 aliphatic heterocycles. The highest BCUT2D eigenvalue weighted by atomic mass is 79.9. The Labute approximate surface area is 134 Å². The van der Waals surface area contributed by atoms with Crippen LogP contribution < -0.4 is 4.74 Å². The van der Waals surface area contributed by atoms with Gasteiger partial charge in [-0.2, -0.15) is 4.39 Å². The SMILES string of the molecule is Fc1cc(Br)cc(Oc2cc(Br)ccc2CBr)c1F. The molecule has 0 aliphatic rings. The topological polar surface area (TPSA) is 9.23 Å². The molecule has 0 fully saturated rings. The van der Waals surface area contributed by atoms with Gasteiger partial charge in [-0.3, -0.25) is 0 Å². The Morgan fingerprint density at radius 3 is 2.32 bits per heavy atom. The van der Waals surface area contributed by atoms with Crippen molar-refractivity contribution < 1.29 is 13.5 Å². The number of halogens is 5. The lowest BCUT2D eigenvalue weighted by atomic mass is 10.2. The highest BCUT2D eigenvalue weighted by molar-refractivity contribution is 9.10. The highest BCUT2D eigenvalue weighted by Gasteiger charge is 2.14. The van der Waals surface area contributed by atoms with Crippen LogP contribution in [0.5, 0.6) is 11.5 Å². The minimum atomic E-state index is -1.01. The molecular formula is C13H7Br3F2O. The first-order valence-corrected chi connectivity index (χ1v) is 7.89. The first-order chi connectivity index (χ1) is 9.01. The lowest BCUT2D eigenvalue weighted by Gasteiger charge is -2.11. The molecule has 0 N–H and O–H groups in total. The molecule has 2 rings (SSSR count). The quantitative estimate of drug-likeness (QED) is 0.396. The van der Waals surface area contributed by atoms with Gasteiger partial charge in [0.05, 0.1) is 0 Å². The molecule has 6 heteroatoms. The summed E-state index contributed by atoms with van der Waals surface area (Å²) in [4.78, 5) is 0. The number of benzene rings is 2. The third kappa shape index (κ3) is 3.55. The highest BCUT2D eigenvalue weighted by Crippen LogP contribution is 2.33. The summed E-state index contributed by atoms with van der Waals surface area (Å²) in [6.45, 7) is 0. The van der Waals surface area contributed by atoms with E-state index in [1.807, 2.05) is 12.1 Å². The van der Waals surface area contributed by atoms with Crippen LogP contribution in [0, 0.1) is 11.6 Å². The summed E-state index contributed by atoms with van der Waals surface area (Å²) in [6.07, 6.45) is 0. The van der Waals surface area contributed by atoms with Crippen molar-refractivity contribution in [2.45, 2.75) is 5.33 Å². The molecule has 0 aromatic heterocycles. The van der Waals surface area contributed by atoms with Gasteiger partial charge >= 0.3 is 0 Å². The van der Waals surface area contributed by atoms with Crippen LogP contribution in [0.15, 0.2) is 39.3 Å². The minimum absolute atomic E-state index is 0.160. The number of ether oxygens (including phenoxy) is 1. The molecule has 19 heavy (non-hydrogen) atoms. The fourth-order valence-corrected chi connectivity index (χ4v) is 2.67. The summed E-state index contributed by atoms with van der Waals surface area (Å²) in [5, 5.41) is 0.549. The van der Waals surface area contributed by atoms with Crippen LogP contribution in [0.4, 0.5) is 8.78 Å². The Bertz CT molecular complexity index is 617. The summed E-state index contributed by atoms with van der Waals surface area (Å²) in [7, 11) is 0. The fourth-order valence-electron chi connectivity index (χ4n) is 1.46. The number of hydrogen-bond donors (Lipinski definition) is 0. The zero-order chi connectivity index (χ0) is 14.0. The number of rotatable bonds is 3. The van der Waals surface area contributed by atoms with E-state index in [2.05, 4.69) is 47.8 Å². The Morgan fingerprint density at radius 1 is 0.947 bits per heavy atom. The van der Waals surface area contributed by atoms with Gasteiger partial charge in [0.15, 0.2) is 11.6 Å². The van der Waals surface area contributed by atoms with E-state index in [9.17, 15) is 8.78 Å². The predicted octanol–water partition coefficient (Wildman–Crippen LogP) is 6.18. The lowest BCUT2D eigenvalue weighted by Crippen LogP contribution is -1.95. The van der Waals surface area contributed by atoms with E-state index in [1.54, 1.807) is 6.07 Å². The van der Waals surface area contributed by atoms with Gasteiger partial charge in [-0.15, -0.1) is 0 Å². The zero-order valence-corrected chi connectivity index (χ0v) is 14.1. The number of alkyl halides is 1. The molecule has 0 spiro atoms. The molecule has 0 atom stereocenters. The summed E-state index contributed by atoms with van der Waals surface area (Å²) in [6, 6.07) is 7.82. The second-order valence-corrected chi connectivity index (χ2v) is 6.08. The van der Waals surface area contributed by atoms with Gasteiger partial charge in [0.1, 0.15) is 5.75 Å². The zero-order valence-electron chi connectivity index (χ0n) is 9.39. The molecule has 1 nitrogen and oxygen atoms in total. The van der Waals surface area contributed by atoms with Crippen molar-refractivity contribution >= 4 is 47.8 Å². The van der Waals surface area contributed by atoms with Gasteiger partial charge in [0.2, 0.25) is 5.82 Å². The van der Waals surface area contributed by atoms with Gasteiger partial charge in [0, 0.05) is 19.8 Å². The lowest BCUT2D eigenvalue weighted by molar-refractivity contribution is 0.413. The van der Waals surface area contributed by atoms with Gasteiger partial charge in [-0.1, -0.05) is 53.9 Å². The van der Waals surface area contributed by atoms with Crippen LogP contribution in [0.2, 0.25) is 0 Å². The maximum absolute atomic E-state index is 13.7. The maximum atomic E-state index is 13.7. The monoisotopic (exact) mass is 454 g/mol. The molecule has 0 saturated heterocycles. The van der Waals surface area contributed by atoms with Crippen molar-refractivity contribution in [1.29, 1.82) is 0 Å². The maximum Gasteiger partial charge on any atom is 0.201 e. The molecular weight excluding hydrogens is 450 g/mol. The molecule has 0 bridgehead atoms. The van der Waals surface area contributed by atoms with Crippen LogP contribution in [-0.2, 0) is 5.33 Å². The number of hydrogen-bond acceptors (Lipinski definition) is 1. The summed E-state index contributed by atoms with van der Waals surface area (Å²) in [5.74, 6) is -1.67. The third-order valence-electron chi connectivity index (χ3n) is 2.35. The first kappa shape index (κ1) is 14.9. The average molecular weight is 457 g/mol. The summed E-state index contributed by atoms with van der Waals surface area (Å²) >= 11 is 9.74. The Morgan fingerprint density at radius 2 is 1.63 bits per heavy atom. The molecule has 100 valence electrons. The smallest absolute Gasteiger partial charge is 0.201 e. The summed E-state index contributed by atoms with van der Waals surface area (Å²) in [5.41, 5.74) is 0.836. The van der Waals surface area contributed by atoms with Gasteiger partial charge in [0.25, 0.3) is 0 Å². The van der Waals surface area contributed by atoms with Crippen LogP contribution in [0.3, 0.4) is 0 Å². The van der Waals surface area contributed by atoms with E-state index in [4.69, 9.17) is 4.74 Å². The third-order valence-corrected chi connectivity index (χ3v) is 3.91. The van der Waals surface area contributed by atoms with Crippen molar-refractivity contribution in [2.75, 3.05) is 0 Å². The van der Waals surface area contributed by atoms with E-state index in [-0.39, 0.29) is 5.75 Å². The largest absolute Gasteiger partial charge is 0.454 e. The van der Waals surface area contributed by atoms with Crippen LogP contribution >= 0.6 is 47.8 Å². The van der Waals surface area contributed by atoms with E-state index >= 15 is 0 Å². The predicted molar refractivity (Wildman–Crippen MR) is 80.9 cm³/mol. The molecule has 0 radical (unpaired) electrons. The average Bonchev–Trinajstić information content (AvgIpc) is 2.35. The van der Waals surface area contributed by atoms with Gasteiger partial charge < -0.3 is 4.74 Å². The Kier molecular flexibility index (Phi) is 4.97. The molecule has 0 unspecified atom stereocenters. The fraction of sp³-hybridized carbons (Fsp3) is 0.0769. The normalized spacial score (nSPS) is 10.6.